The molecule has 0 aliphatic heterocycles. The van der Waals surface area contributed by atoms with E-state index in [-0.39, 0.29) is 71.0 Å². The van der Waals surface area contributed by atoms with E-state index in [1.54, 1.807) is 0 Å². The largest absolute Gasteiger partial charge is 0.0149 e. The standard InChI is InChI=1S/Bi.Co.Fe.H4Si.3H/h;;;1H4;;;. The van der Waals surface area contributed by atoms with Crippen LogP contribution in [-0.2, 0) is 33.8 Å². The normalized spacial score (nSPS) is 0. The Hall–Kier alpha value is 2.13. The average Bonchev–Trinajstić information content (AvgIpc) is 0. The number of hydrogen-bond donors (Lipinski definition) is 0. The van der Waals surface area contributed by atoms with Gasteiger partial charge < -0.3 is 0 Å². The van der Waals surface area contributed by atoms with Gasteiger partial charge in [0.15, 0.2) is 0 Å². The fourth-order valence-corrected chi connectivity index (χ4v) is 0. The Kier molecular flexibility index (Phi) is 172. The molecule has 0 saturated carbocycles. The van der Waals surface area contributed by atoms with Crippen LogP contribution in [0.3, 0.4) is 0 Å². The van der Waals surface area contributed by atoms with E-state index >= 15 is 0 Å². The second-order valence-corrected chi connectivity index (χ2v) is 0. The van der Waals surface area contributed by atoms with Crippen LogP contribution < -0.4 is 0 Å². The number of hydrogen-bond acceptors (Lipinski definition) is 0. The molecule has 1 radical (unpaired) electrons. The summed E-state index contributed by atoms with van der Waals surface area (Å²) in [6.07, 6.45) is 0. The molecule has 0 aliphatic rings. The molecule has 0 bridgehead atoms. The van der Waals surface area contributed by atoms with Crippen molar-refractivity contribution in [2.24, 2.45) is 0 Å². The first-order chi connectivity index (χ1) is 0. The summed E-state index contributed by atoms with van der Waals surface area (Å²) in [5, 5.41) is 0. The molecule has 0 N–H and O–H groups in total. The quantitative estimate of drug-likeness (QED) is 0.415. The Morgan fingerprint density at radius 3 is 1.00 bits per heavy atom. The molecule has 4 heteroatoms. The van der Waals surface area contributed by atoms with Gasteiger partial charge in [0.1, 0.15) is 0 Å². The van der Waals surface area contributed by atoms with Gasteiger partial charge in [-0.05, 0) is 11.0 Å². The van der Waals surface area contributed by atoms with Crippen molar-refractivity contribution in [2.75, 3.05) is 0 Å². The maximum atomic E-state index is 0. The molecular weight excluding hydrogens is 352 g/mol. The van der Waals surface area contributed by atoms with Gasteiger partial charge in [-0.1, -0.05) is 0 Å². The van der Waals surface area contributed by atoms with Crippen LogP contribution in [0.15, 0.2) is 0 Å². The molecule has 0 aromatic heterocycles. The molecule has 0 saturated heterocycles. The SMILES string of the molecule is [BiH3].[Co].[Fe].[SiH4]. The van der Waals surface area contributed by atoms with Crippen molar-refractivity contribution in [3.8, 4) is 0 Å². The van der Waals surface area contributed by atoms with Crippen LogP contribution in [0.2, 0.25) is 0 Å². The van der Waals surface area contributed by atoms with Gasteiger partial charge in [0.05, 0.1) is 0 Å². The maximum absolute atomic E-state index is 0. The van der Waals surface area contributed by atoms with Gasteiger partial charge in [-0.3, -0.25) is 0 Å². The molecule has 0 heterocycles. The first-order valence-corrected chi connectivity index (χ1v) is 0. The molecular formula is H7BiCoFeSi. The van der Waals surface area contributed by atoms with E-state index in [1.165, 1.54) is 0 Å². The topological polar surface area (TPSA) is 0 Å². The zero-order valence-corrected chi connectivity index (χ0v) is 9.04. The van der Waals surface area contributed by atoms with Crippen LogP contribution in [0.1, 0.15) is 0 Å². The van der Waals surface area contributed by atoms with Crippen molar-refractivity contribution in [3.63, 3.8) is 0 Å². The summed E-state index contributed by atoms with van der Waals surface area (Å²) in [5.41, 5.74) is 0. The van der Waals surface area contributed by atoms with Crippen molar-refractivity contribution in [1.29, 1.82) is 0 Å². The Balaban J connectivity index is 0. The zero-order valence-electron chi connectivity index (χ0n) is 1.39. The minimum absolute atomic E-state index is 0. The first kappa shape index (κ1) is 35.6. The smallest absolute Gasteiger partial charge is 0 e. The van der Waals surface area contributed by atoms with Crippen molar-refractivity contribution in [2.45, 2.75) is 0 Å². The maximum Gasteiger partial charge on any atom is 0 e. The molecule has 0 aromatic rings. The van der Waals surface area contributed by atoms with E-state index in [0.717, 1.165) is 0 Å². The Morgan fingerprint density at radius 1 is 1.00 bits per heavy atom. The molecule has 0 spiro atoms. The summed E-state index contributed by atoms with van der Waals surface area (Å²) in [6, 6.07) is 0. The minimum atomic E-state index is 0. The molecule has 0 amide bonds. The second-order valence-electron chi connectivity index (χ2n) is 0. The van der Waals surface area contributed by atoms with Gasteiger partial charge in [0, 0.05) is 33.8 Å². The summed E-state index contributed by atoms with van der Waals surface area (Å²) >= 11 is 0. The van der Waals surface area contributed by atoms with Crippen molar-refractivity contribution < 1.29 is 33.8 Å². The predicted octanol–water partition coefficient (Wildman–Crippen LogP) is -2.64. The van der Waals surface area contributed by atoms with Gasteiger partial charge in [-0.15, -0.1) is 0 Å². The fraction of sp³-hybridized carbons (Fsp3) is 0. The molecule has 0 atom stereocenters. The fourth-order valence-electron chi connectivity index (χ4n) is 0. The van der Waals surface area contributed by atoms with Crippen molar-refractivity contribution >= 4 is 37.2 Å². The monoisotopic (exact) mass is 359 g/mol. The summed E-state index contributed by atoms with van der Waals surface area (Å²) in [7, 11) is 0. The third-order valence-corrected chi connectivity index (χ3v) is 0. The second kappa shape index (κ2) is 19.3. The summed E-state index contributed by atoms with van der Waals surface area (Å²) in [6.45, 7) is 0. The minimum Gasteiger partial charge on any atom is -0.0149 e. The number of rotatable bonds is 0. The van der Waals surface area contributed by atoms with Crippen LogP contribution in [0.5, 0.6) is 0 Å². The third kappa shape index (κ3) is 8.92. The summed E-state index contributed by atoms with van der Waals surface area (Å²) < 4.78 is 0. The Labute approximate surface area is 70.3 Å². The van der Waals surface area contributed by atoms with Crippen molar-refractivity contribution in [1.82, 2.24) is 0 Å². The first-order valence-electron chi connectivity index (χ1n) is 0. The van der Waals surface area contributed by atoms with Gasteiger partial charge in [-0.25, -0.2) is 0 Å². The van der Waals surface area contributed by atoms with E-state index < -0.39 is 0 Å². The Morgan fingerprint density at radius 2 is 1.00 bits per heavy atom. The molecule has 33 valence electrons. The van der Waals surface area contributed by atoms with E-state index in [1.807, 2.05) is 0 Å². The van der Waals surface area contributed by atoms with E-state index in [2.05, 4.69) is 0 Å². The summed E-state index contributed by atoms with van der Waals surface area (Å²) in [5.74, 6) is 0. The molecule has 0 rings (SSSR count). The van der Waals surface area contributed by atoms with Gasteiger partial charge >= 0.3 is 26.2 Å². The zero-order chi connectivity index (χ0) is 0. The molecule has 0 aliphatic carbocycles. The molecule has 0 unspecified atom stereocenters. The Bertz CT molecular complexity index is 8.00. The predicted molar refractivity (Wildman–Crippen MR) is 21.3 cm³/mol. The molecule has 0 nitrogen and oxygen atoms in total. The van der Waals surface area contributed by atoms with E-state index in [4.69, 9.17) is 0 Å². The molecule has 0 aromatic carbocycles. The van der Waals surface area contributed by atoms with Crippen LogP contribution in [0, 0.1) is 0 Å². The van der Waals surface area contributed by atoms with Crippen molar-refractivity contribution in [3.05, 3.63) is 0 Å². The molecule has 0 fully saturated rings. The van der Waals surface area contributed by atoms with Gasteiger partial charge in [0.2, 0.25) is 0 Å². The van der Waals surface area contributed by atoms with Gasteiger partial charge in [0.25, 0.3) is 0 Å². The van der Waals surface area contributed by atoms with E-state index in [9.17, 15) is 0 Å². The van der Waals surface area contributed by atoms with Crippen LogP contribution in [0.4, 0.5) is 0 Å². The van der Waals surface area contributed by atoms with Crippen LogP contribution in [-0.4, -0.2) is 37.2 Å². The molecule has 4 heavy (non-hydrogen) atoms. The third-order valence-electron chi connectivity index (χ3n) is 0. The van der Waals surface area contributed by atoms with Crippen LogP contribution >= 0.6 is 0 Å². The van der Waals surface area contributed by atoms with Gasteiger partial charge in [-0.2, -0.15) is 0 Å². The van der Waals surface area contributed by atoms with E-state index in [0.29, 0.717) is 0 Å². The summed E-state index contributed by atoms with van der Waals surface area (Å²) in [4.78, 5) is 0. The average molecular weight is 359 g/mol. The van der Waals surface area contributed by atoms with Crippen LogP contribution in [0.25, 0.3) is 0 Å².